The molecule has 2 N–H and O–H groups in total. The van der Waals surface area contributed by atoms with Gasteiger partial charge in [0.2, 0.25) is 15.9 Å². The molecule has 128 valence electrons. The van der Waals surface area contributed by atoms with Crippen LogP contribution in [0.1, 0.15) is 20.3 Å². The number of amides is 1. The van der Waals surface area contributed by atoms with Crippen molar-refractivity contribution >= 4 is 15.9 Å². The van der Waals surface area contributed by atoms with Gasteiger partial charge in [-0.05, 0) is 18.1 Å². The second-order valence-corrected chi connectivity index (χ2v) is 7.33. The standard InChI is InChI=1S/C15H22N2O5S/c1-10(2)14(15(18)16-3)17-23(19,20)11-5-6-12-13(9-11)22-8-4-7-21-12/h5-6,9-10,14,17H,4,7-8H2,1-3H3,(H,16,18)/t14-/m1/s1. The first-order valence-corrected chi connectivity index (χ1v) is 8.97. The van der Waals surface area contributed by atoms with Crippen molar-refractivity contribution < 1.29 is 22.7 Å². The van der Waals surface area contributed by atoms with Crippen molar-refractivity contribution in [1.29, 1.82) is 0 Å². The third kappa shape index (κ3) is 4.14. The monoisotopic (exact) mass is 342 g/mol. The second kappa shape index (κ2) is 7.18. The first-order chi connectivity index (χ1) is 10.8. The summed E-state index contributed by atoms with van der Waals surface area (Å²) >= 11 is 0. The molecule has 8 heteroatoms. The zero-order valence-electron chi connectivity index (χ0n) is 13.5. The highest BCUT2D eigenvalue weighted by molar-refractivity contribution is 7.89. The van der Waals surface area contributed by atoms with Gasteiger partial charge in [0, 0.05) is 19.5 Å². The lowest BCUT2D eigenvalue weighted by Gasteiger charge is -2.21. The fourth-order valence-electron chi connectivity index (χ4n) is 2.19. The molecule has 0 aliphatic carbocycles. The van der Waals surface area contributed by atoms with Gasteiger partial charge in [-0.2, -0.15) is 4.72 Å². The third-order valence-corrected chi connectivity index (χ3v) is 4.95. The topological polar surface area (TPSA) is 93.7 Å². The Morgan fingerprint density at radius 1 is 1.17 bits per heavy atom. The molecule has 1 heterocycles. The normalized spacial score (nSPS) is 15.8. The highest BCUT2D eigenvalue weighted by Crippen LogP contribution is 2.32. The molecule has 0 fully saturated rings. The van der Waals surface area contributed by atoms with E-state index in [0.717, 1.165) is 6.42 Å². The molecule has 0 radical (unpaired) electrons. The molecule has 1 aromatic rings. The lowest BCUT2D eigenvalue weighted by atomic mass is 10.1. The van der Waals surface area contributed by atoms with E-state index in [9.17, 15) is 13.2 Å². The lowest BCUT2D eigenvalue weighted by molar-refractivity contribution is -0.123. The molecule has 1 aliphatic rings. The summed E-state index contributed by atoms with van der Waals surface area (Å²) in [5, 5.41) is 2.47. The number of sulfonamides is 1. The predicted octanol–water partition coefficient (Wildman–Crippen LogP) is 0.897. The Balaban J connectivity index is 2.28. The van der Waals surface area contributed by atoms with Gasteiger partial charge in [0.05, 0.1) is 18.1 Å². The number of carbonyl (C=O) groups excluding carboxylic acids is 1. The maximum Gasteiger partial charge on any atom is 0.241 e. The summed E-state index contributed by atoms with van der Waals surface area (Å²) in [4.78, 5) is 11.9. The molecule has 7 nitrogen and oxygen atoms in total. The van der Waals surface area contributed by atoms with E-state index in [0.29, 0.717) is 24.7 Å². The Bertz CT molecular complexity index is 672. The number of ether oxygens (including phenoxy) is 2. The van der Waals surface area contributed by atoms with Crippen molar-refractivity contribution in [3.8, 4) is 11.5 Å². The molecule has 1 aromatic carbocycles. The predicted molar refractivity (Wildman–Crippen MR) is 85.1 cm³/mol. The van der Waals surface area contributed by atoms with Crippen molar-refractivity contribution in [1.82, 2.24) is 10.0 Å². The minimum absolute atomic E-state index is 0.0382. The second-order valence-electron chi connectivity index (χ2n) is 5.62. The van der Waals surface area contributed by atoms with Gasteiger partial charge in [0.15, 0.2) is 11.5 Å². The number of carbonyl (C=O) groups is 1. The van der Waals surface area contributed by atoms with Crippen LogP contribution in [-0.2, 0) is 14.8 Å². The summed E-state index contributed by atoms with van der Waals surface area (Å²) in [6.45, 7) is 4.55. The van der Waals surface area contributed by atoms with Crippen LogP contribution in [0, 0.1) is 5.92 Å². The first-order valence-electron chi connectivity index (χ1n) is 7.48. The molecule has 0 saturated heterocycles. The Hall–Kier alpha value is -1.80. The van der Waals surface area contributed by atoms with E-state index >= 15 is 0 Å². The molecule has 1 aliphatic heterocycles. The van der Waals surface area contributed by atoms with Crippen LogP contribution in [0.15, 0.2) is 23.1 Å². The van der Waals surface area contributed by atoms with E-state index in [1.807, 2.05) is 0 Å². The van der Waals surface area contributed by atoms with Crippen LogP contribution in [0.4, 0.5) is 0 Å². The average Bonchev–Trinajstić information content (AvgIpc) is 2.76. The fraction of sp³-hybridized carbons (Fsp3) is 0.533. The Morgan fingerprint density at radius 2 is 1.83 bits per heavy atom. The highest BCUT2D eigenvalue weighted by Gasteiger charge is 2.28. The largest absolute Gasteiger partial charge is 0.490 e. The maximum absolute atomic E-state index is 12.6. The van der Waals surface area contributed by atoms with Gasteiger partial charge in [-0.25, -0.2) is 8.42 Å². The van der Waals surface area contributed by atoms with E-state index in [4.69, 9.17) is 9.47 Å². The smallest absolute Gasteiger partial charge is 0.241 e. The quantitative estimate of drug-likeness (QED) is 0.829. The zero-order chi connectivity index (χ0) is 17.0. The summed E-state index contributed by atoms with van der Waals surface area (Å²) in [5.74, 6) is 0.350. The van der Waals surface area contributed by atoms with E-state index in [-0.39, 0.29) is 16.7 Å². The van der Waals surface area contributed by atoms with Crippen molar-refractivity contribution in [3.05, 3.63) is 18.2 Å². The van der Waals surface area contributed by atoms with Gasteiger partial charge in [0.25, 0.3) is 0 Å². The number of likely N-dealkylation sites (N-methyl/N-ethyl adjacent to an activating group) is 1. The average molecular weight is 342 g/mol. The number of fused-ring (bicyclic) bond motifs is 1. The molecule has 0 bridgehead atoms. The molecular weight excluding hydrogens is 320 g/mol. The van der Waals surface area contributed by atoms with Gasteiger partial charge >= 0.3 is 0 Å². The third-order valence-electron chi connectivity index (χ3n) is 3.51. The zero-order valence-corrected chi connectivity index (χ0v) is 14.3. The number of hydrogen-bond acceptors (Lipinski definition) is 5. The van der Waals surface area contributed by atoms with Crippen LogP contribution in [0.2, 0.25) is 0 Å². The van der Waals surface area contributed by atoms with Crippen molar-refractivity contribution in [2.75, 3.05) is 20.3 Å². The SMILES string of the molecule is CNC(=O)[C@H](NS(=O)(=O)c1ccc2c(c1)OCCCO2)C(C)C. The highest BCUT2D eigenvalue weighted by atomic mass is 32.2. The van der Waals surface area contributed by atoms with Crippen LogP contribution >= 0.6 is 0 Å². The molecule has 0 saturated carbocycles. The van der Waals surface area contributed by atoms with Crippen LogP contribution in [0.5, 0.6) is 11.5 Å². The molecule has 23 heavy (non-hydrogen) atoms. The number of nitrogens with one attached hydrogen (secondary N) is 2. The Labute approximate surface area is 136 Å². The summed E-state index contributed by atoms with van der Waals surface area (Å²) < 4.78 is 38.5. The first kappa shape index (κ1) is 17.6. The lowest BCUT2D eigenvalue weighted by Crippen LogP contribution is -2.48. The van der Waals surface area contributed by atoms with Crippen LogP contribution < -0.4 is 19.5 Å². The maximum atomic E-state index is 12.6. The molecular formula is C15H22N2O5S. The number of hydrogen-bond donors (Lipinski definition) is 2. The van der Waals surface area contributed by atoms with Gasteiger partial charge in [-0.3, -0.25) is 4.79 Å². The number of benzene rings is 1. The fourth-order valence-corrected chi connectivity index (χ4v) is 3.55. The van der Waals surface area contributed by atoms with Crippen LogP contribution in [0.25, 0.3) is 0 Å². The van der Waals surface area contributed by atoms with Crippen LogP contribution in [0.3, 0.4) is 0 Å². The summed E-state index contributed by atoms with van der Waals surface area (Å²) in [5.41, 5.74) is 0. The van der Waals surface area contributed by atoms with Gasteiger partial charge in [0.1, 0.15) is 6.04 Å². The molecule has 0 spiro atoms. The summed E-state index contributed by atoms with van der Waals surface area (Å²) in [6.07, 6.45) is 0.737. The number of rotatable bonds is 5. The van der Waals surface area contributed by atoms with E-state index in [2.05, 4.69) is 10.0 Å². The van der Waals surface area contributed by atoms with Crippen LogP contribution in [-0.4, -0.2) is 40.6 Å². The summed E-state index contributed by atoms with van der Waals surface area (Å²) in [7, 11) is -2.38. The molecule has 0 aromatic heterocycles. The van der Waals surface area contributed by atoms with Crippen molar-refractivity contribution in [2.45, 2.75) is 31.2 Å². The Morgan fingerprint density at radius 3 is 2.43 bits per heavy atom. The molecule has 1 atom stereocenters. The van der Waals surface area contributed by atoms with Gasteiger partial charge in [-0.15, -0.1) is 0 Å². The van der Waals surface area contributed by atoms with Gasteiger partial charge < -0.3 is 14.8 Å². The van der Waals surface area contributed by atoms with Crippen molar-refractivity contribution in [2.24, 2.45) is 5.92 Å². The molecule has 0 unspecified atom stereocenters. The van der Waals surface area contributed by atoms with E-state index in [1.165, 1.54) is 19.2 Å². The van der Waals surface area contributed by atoms with Gasteiger partial charge in [-0.1, -0.05) is 13.8 Å². The molecule has 2 rings (SSSR count). The minimum Gasteiger partial charge on any atom is -0.490 e. The minimum atomic E-state index is -3.85. The summed E-state index contributed by atoms with van der Waals surface area (Å²) in [6, 6.07) is 3.59. The van der Waals surface area contributed by atoms with Crippen molar-refractivity contribution in [3.63, 3.8) is 0 Å². The van der Waals surface area contributed by atoms with E-state index in [1.54, 1.807) is 19.9 Å². The molecule has 1 amide bonds. The Kier molecular flexibility index (Phi) is 5.48. The van der Waals surface area contributed by atoms with E-state index < -0.39 is 16.1 Å².